The van der Waals surface area contributed by atoms with Crippen LogP contribution in [-0.2, 0) is 11.2 Å². The molecule has 0 saturated carbocycles. The summed E-state index contributed by atoms with van der Waals surface area (Å²) in [7, 11) is 0. The van der Waals surface area contributed by atoms with E-state index in [9.17, 15) is 9.59 Å². The van der Waals surface area contributed by atoms with Gasteiger partial charge >= 0.3 is 5.91 Å². The molecular weight excluding hydrogens is 366 g/mol. The molecule has 0 saturated heterocycles. The van der Waals surface area contributed by atoms with E-state index in [2.05, 4.69) is 16.9 Å². The predicted molar refractivity (Wildman–Crippen MR) is 104 cm³/mol. The van der Waals surface area contributed by atoms with Gasteiger partial charge in [-0.15, -0.1) is 0 Å². The van der Waals surface area contributed by atoms with Gasteiger partial charge in [0, 0.05) is 22.6 Å². The fourth-order valence-corrected chi connectivity index (χ4v) is 3.48. The van der Waals surface area contributed by atoms with Crippen molar-refractivity contribution in [3.63, 3.8) is 0 Å². The van der Waals surface area contributed by atoms with Crippen molar-refractivity contribution in [3.8, 4) is 0 Å². The Hall–Kier alpha value is -2.99. The van der Waals surface area contributed by atoms with Gasteiger partial charge in [0.25, 0.3) is 5.91 Å². The minimum absolute atomic E-state index is 0.107. The first-order valence-electron chi connectivity index (χ1n) is 8.71. The maximum absolute atomic E-state index is 12.3. The van der Waals surface area contributed by atoms with Gasteiger partial charge < -0.3 is 9.32 Å². The van der Waals surface area contributed by atoms with Crippen LogP contribution in [0.2, 0.25) is 5.02 Å². The zero-order valence-electron chi connectivity index (χ0n) is 14.5. The van der Waals surface area contributed by atoms with Gasteiger partial charge in [-0.05, 0) is 48.7 Å². The second-order valence-corrected chi connectivity index (χ2v) is 6.89. The predicted octanol–water partition coefficient (Wildman–Crippen LogP) is 3.30. The molecule has 1 aromatic heterocycles. The lowest BCUT2D eigenvalue weighted by Crippen LogP contribution is -2.47. The number of aryl methyl sites for hydroxylation is 1. The molecule has 4 rings (SSSR count). The minimum atomic E-state index is -0.519. The summed E-state index contributed by atoms with van der Waals surface area (Å²) >= 11 is 5.93. The Morgan fingerprint density at radius 1 is 1.11 bits per heavy atom. The van der Waals surface area contributed by atoms with Crippen LogP contribution >= 0.6 is 11.6 Å². The van der Waals surface area contributed by atoms with Gasteiger partial charge in [0.2, 0.25) is 0 Å². The smallest absolute Gasteiger partial charge is 0.305 e. The molecule has 0 atom stereocenters. The molecule has 2 amide bonds. The van der Waals surface area contributed by atoms with E-state index < -0.39 is 5.91 Å². The van der Waals surface area contributed by atoms with Crippen molar-refractivity contribution in [2.75, 3.05) is 18.0 Å². The summed E-state index contributed by atoms with van der Waals surface area (Å²) in [6, 6.07) is 14.7. The number of hydrogen-bond acceptors (Lipinski definition) is 4. The number of para-hydroxylation sites is 1. The first kappa shape index (κ1) is 17.4. The van der Waals surface area contributed by atoms with E-state index in [0.29, 0.717) is 10.6 Å². The quantitative estimate of drug-likeness (QED) is 0.680. The van der Waals surface area contributed by atoms with Crippen LogP contribution in [0.15, 0.2) is 52.9 Å². The van der Waals surface area contributed by atoms with Crippen molar-refractivity contribution in [1.82, 2.24) is 10.9 Å². The maximum atomic E-state index is 12.3. The molecule has 2 N–H and O–H groups in total. The van der Waals surface area contributed by atoms with Crippen molar-refractivity contribution >= 4 is 40.1 Å². The van der Waals surface area contributed by atoms with E-state index in [1.165, 1.54) is 5.56 Å². The van der Waals surface area contributed by atoms with Gasteiger partial charge in [0.1, 0.15) is 5.58 Å². The fraction of sp³-hybridized carbons (Fsp3) is 0.200. The number of furan rings is 1. The third-order valence-corrected chi connectivity index (χ3v) is 4.79. The number of hydrogen-bond donors (Lipinski definition) is 2. The highest BCUT2D eigenvalue weighted by atomic mass is 35.5. The van der Waals surface area contributed by atoms with Crippen LogP contribution in [0, 0.1) is 0 Å². The van der Waals surface area contributed by atoms with E-state index in [1.54, 1.807) is 24.3 Å². The summed E-state index contributed by atoms with van der Waals surface area (Å²) in [5, 5.41) is 1.29. The number of halogens is 1. The number of carbonyl (C=O) groups is 2. The van der Waals surface area contributed by atoms with Crippen LogP contribution in [0.25, 0.3) is 11.0 Å². The average molecular weight is 384 g/mol. The van der Waals surface area contributed by atoms with Crippen LogP contribution in [0.5, 0.6) is 0 Å². The highest BCUT2D eigenvalue weighted by Crippen LogP contribution is 2.26. The van der Waals surface area contributed by atoms with Gasteiger partial charge in [-0.3, -0.25) is 20.4 Å². The van der Waals surface area contributed by atoms with Crippen molar-refractivity contribution in [2.24, 2.45) is 0 Å². The first-order chi connectivity index (χ1) is 13.1. The zero-order chi connectivity index (χ0) is 18.8. The highest BCUT2D eigenvalue weighted by molar-refractivity contribution is 6.31. The molecule has 1 aliphatic rings. The summed E-state index contributed by atoms with van der Waals surface area (Å²) in [4.78, 5) is 26.5. The summed E-state index contributed by atoms with van der Waals surface area (Å²) in [6.07, 6.45) is 2.01. The molecule has 2 heterocycles. The topological polar surface area (TPSA) is 74.6 Å². The third-order valence-electron chi connectivity index (χ3n) is 4.56. The standard InChI is InChI=1S/C20H18ClN3O3/c21-15-7-8-17-14(10-15)11-18(27-17)20(26)23-22-19(25)12-24-9-3-5-13-4-1-2-6-16(13)24/h1-2,4,6-8,10-11H,3,5,9,12H2,(H,22,25)(H,23,26). The molecule has 0 bridgehead atoms. The van der Waals surface area contributed by atoms with Crippen LogP contribution in [0.4, 0.5) is 5.69 Å². The lowest BCUT2D eigenvalue weighted by atomic mass is 10.0. The number of benzene rings is 2. The monoisotopic (exact) mass is 383 g/mol. The Morgan fingerprint density at radius 2 is 1.96 bits per heavy atom. The molecule has 2 aromatic carbocycles. The molecular formula is C20H18ClN3O3. The summed E-state index contributed by atoms with van der Waals surface area (Å²) in [6.45, 7) is 0.982. The Kier molecular flexibility index (Phi) is 4.73. The van der Waals surface area contributed by atoms with Gasteiger partial charge in [-0.2, -0.15) is 0 Å². The van der Waals surface area contributed by atoms with E-state index in [-0.39, 0.29) is 18.2 Å². The Morgan fingerprint density at radius 3 is 2.85 bits per heavy atom. The molecule has 3 aromatic rings. The normalized spacial score (nSPS) is 13.3. The number of carbonyl (C=O) groups excluding carboxylic acids is 2. The van der Waals surface area contributed by atoms with Crippen molar-refractivity contribution in [1.29, 1.82) is 0 Å². The van der Waals surface area contributed by atoms with Gasteiger partial charge in [-0.25, -0.2) is 0 Å². The Balaban J connectivity index is 1.37. The number of nitrogens with zero attached hydrogens (tertiary/aromatic N) is 1. The number of hydrazine groups is 1. The van der Waals surface area contributed by atoms with E-state index in [4.69, 9.17) is 16.0 Å². The Bertz CT molecular complexity index is 1010. The van der Waals surface area contributed by atoms with E-state index >= 15 is 0 Å². The second-order valence-electron chi connectivity index (χ2n) is 6.45. The molecule has 0 unspecified atom stereocenters. The average Bonchev–Trinajstić information content (AvgIpc) is 3.09. The number of nitrogens with one attached hydrogen (secondary N) is 2. The van der Waals surface area contributed by atoms with Crippen molar-refractivity contribution in [3.05, 3.63) is 64.9 Å². The largest absolute Gasteiger partial charge is 0.451 e. The van der Waals surface area contributed by atoms with Crippen LogP contribution < -0.4 is 15.8 Å². The highest BCUT2D eigenvalue weighted by Gasteiger charge is 2.19. The fourth-order valence-electron chi connectivity index (χ4n) is 3.30. The molecule has 1 aliphatic heterocycles. The van der Waals surface area contributed by atoms with Gasteiger partial charge in [0.15, 0.2) is 5.76 Å². The van der Waals surface area contributed by atoms with E-state index in [0.717, 1.165) is 30.5 Å². The molecule has 138 valence electrons. The number of rotatable bonds is 3. The first-order valence-corrected chi connectivity index (χ1v) is 9.09. The molecule has 7 heteroatoms. The third kappa shape index (κ3) is 3.75. The lowest BCUT2D eigenvalue weighted by molar-refractivity contribution is -0.120. The molecule has 0 spiro atoms. The minimum Gasteiger partial charge on any atom is -0.451 e. The van der Waals surface area contributed by atoms with Crippen LogP contribution in [0.1, 0.15) is 22.5 Å². The van der Waals surface area contributed by atoms with Gasteiger partial charge in [-0.1, -0.05) is 29.8 Å². The molecule has 6 nitrogen and oxygen atoms in total. The van der Waals surface area contributed by atoms with Crippen molar-refractivity contribution in [2.45, 2.75) is 12.8 Å². The molecule has 0 radical (unpaired) electrons. The Labute approximate surface area is 161 Å². The summed E-state index contributed by atoms with van der Waals surface area (Å²) < 4.78 is 5.48. The maximum Gasteiger partial charge on any atom is 0.305 e. The molecule has 0 fully saturated rings. The molecule has 27 heavy (non-hydrogen) atoms. The summed E-state index contributed by atoms with van der Waals surface area (Å²) in [5.41, 5.74) is 7.71. The van der Waals surface area contributed by atoms with Crippen molar-refractivity contribution < 1.29 is 14.0 Å². The number of amides is 2. The zero-order valence-corrected chi connectivity index (χ0v) is 15.3. The van der Waals surface area contributed by atoms with E-state index in [1.807, 2.05) is 23.1 Å². The van der Waals surface area contributed by atoms with Gasteiger partial charge in [0.05, 0.1) is 6.54 Å². The lowest BCUT2D eigenvalue weighted by Gasteiger charge is -2.30. The van der Waals surface area contributed by atoms with Crippen LogP contribution in [-0.4, -0.2) is 24.9 Å². The SMILES string of the molecule is O=C(CN1CCCc2ccccc21)NNC(=O)c1cc2cc(Cl)ccc2o1. The summed E-state index contributed by atoms with van der Waals surface area (Å²) in [5.74, 6) is -0.704. The number of anilines is 1. The number of fused-ring (bicyclic) bond motifs is 2. The second kappa shape index (κ2) is 7.32. The van der Waals surface area contributed by atoms with Crippen LogP contribution in [0.3, 0.4) is 0 Å². The molecule has 0 aliphatic carbocycles.